The molecular weight excluding hydrogens is 724 g/mol. The molecule has 1 aliphatic rings. The molecule has 10 nitrogen and oxygen atoms in total. The number of esters is 1. The van der Waals surface area contributed by atoms with Crippen LogP contribution in [0.25, 0.3) is 6.08 Å². The molecule has 3 aromatic carbocycles. The van der Waals surface area contributed by atoms with Gasteiger partial charge in [0.2, 0.25) is 0 Å². The number of halogens is 2. The Morgan fingerprint density at radius 3 is 2.54 bits per heavy atom. The van der Waals surface area contributed by atoms with Crippen LogP contribution < -0.4 is 29.1 Å². The van der Waals surface area contributed by atoms with Gasteiger partial charge >= 0.3 is 11.9 Å². The zero-order valence-electron chi connectivity index (χ0n) is 26.5. The molecule has 0 amide bonds. The Kier molecular flexibility index (Phi) is 11.1. The quantitative estimate of drug-likeness (QED) is 0.168. The molecule has 0 fully saturated rings. The molecule has 0 radical (unpaired) electrons. The van der Waals surface area contributed by atoms with Gasteiger partial charge in [0.15, 0.2) is 16.3 Å². The lowest BCUT2D eigenvalue weighted by molar-refractivity contribution is -0.139. The van der Waals surface area contributed by atoms with Gasteiger partial charge in [-0.15, -0.1) is 0 Å². The van der Waals surface area contributed by atoms with Crippen LogP contribution in [0.3, 0.4) is 0 Å². The van der Waals surface area contributed by atoms with Crippen molar-refractivity contribution in [2.24, 2.45) is 4.99 Å². The molecule has 0 saturated carbocycles. The summed E-state index contributed by atoms with van der Waals surface area (Å²) in [6.07, 6.45) is 2.90. The number of methoxy groups -OCH3 is 2. The Balaban J connectivity index is 1.62. The van der Waals surface area contributed by atoms with Gasteiger partial charge in [-0.3, -0.25) is 9.36 Å². The summed E-state index contributed by atoms with van der Waals surface area (Å²) in [7, 11) is 3.01. The Morgan fingerprint density at radius 1 is 1.08 bits per heavy atom. The van der Waals surface area contributed by atoms with Crippen LogP contribution in [0.4, 0.5) is 0 Å². The zero-order chi connectivity index (χ0) is 34.5. The van der Waals surface area contributed by atoms with Crippen molar-refractivity contribution < 1.29 is 33.6 Å². The van der Waals surface area contributed by atoms with Gasteiger partial charge in [-0.25, -0.2) is 14.6 Å². The summed E-state index contributed by atoms with van der Waals surface area (Å²) >= 11 is 11.4. The highest BCUT2D eigenvalue weighted by atomic mass is 79.9. The van der Waals surface area contributed by atoms with E-state index in [1.807, 2.05) is 19.1 Å². The topological polar surface area (TPSA) is 126 Å². The second-order valence-electron chi connectivity index (χ2n) is 10.6. The minimum absolute atomic E-state index is 0.0527. The first-order chi connectivity index (χ1) is 23.1. The smallest absolute Gasteiger partial charge is 0.338 e. The first-order valence-corrected chi connectivity index (χ1v) is 17.0. The number of carbonyl (C=O) groups excluding carboxylic acids is 1. The lowest BCUT2D eigenvalue weighted by Crippen LogP contribution is -2.40. The molecule has 4 aromatic rings. The van der Waals surface area contributed by atoms with Gasteiger partial charge in [0, 0.05) is 10.0 Å². The summed E-state index contributed by atoms with van der Waals surface area (Å²) in [5, 5.41) is 9.53. The first kappa shape index (κ1) is 34.9. The summed E-state index contributed by atoms with van der Waals surface area (Å²) in [5.41, 5.74) is 2.42. The minimum atomic E-state index is -1.04. The lowest BCUT2D eigenvalue weighted by Gasteiger charge is -2.27. The highest BCUT2D eigenvalue weighted by Crippen LogP contribution is 2.39. The molecule has 0 aliphatic carbocycles. The number of rotatable bonds is 12. The highest BCUT2D eigenvalue weighted by Gasteiger charge is 2.36. The van der Waals surface area contributed by atoms with Gasteiger partial charge < -0.3 is 24.1 Å². The van der Waals surface area contributed by atoms with E-state index < -0.39 is 18.0 Å². The maximum absolute atomic E-state index is 14.2. The number of aromatic carboxylic acids is 1. The number of carboxylic acid groups (broad SMARTS) is 1. The molecule has 5 rings (SSSR count). The van der Waals surface area contributed by atoms with Gasteiger partial charge in [-0.2, -0.15) is 0 Å². The second-order valence-corrected chi connectivity index (χ2v) is 13.0. The Hall–Kier alpha value is -4.39. The third-order valence-corrected chi connectivity index (χ3v) is 9.24. The van der Waals surface area contributed by atoms with E-state index in [1.165, 1.54) is 42.3 Å². The Labute approximate surface area is 293 Å². The fourth-order valence-corrected chi connectivity index (χ4v) is 7.07. The SMILES string of the molecule is CCCC1=C(C(=O)OCC)[C@@H](c2cc(Br)ccc2OC)n2c(s/c(=C/c3cc(Cl)c(OCc4cccc(C(=O)O)c4)c(OC)c3)c2=O)=N1. The fraction of sp³-hybridized carbons (Fsp3) is 0.257. The lowest BCUT2D eigenvalue weighted by atomic mass is 9.93. The van der Waals surface area contributed by atoms with Crippen molar-refractivity contribution in [3.05, 3.63) is 117 Å². The summed E-state index contributed by atoms with van der Waals surface area (Å²) in [5.74, 6) is -0.499. The number of carbonyl (C=O) groups is 2. The molecule has 1 atom stereocenters. The number of hydrogen-bond donors (Lipinski definition) is 1. The van der Waals surface area contributed by atoms with Crippen LogP contribution in [0, 0.1) is 0 Å². The molecule has 1 aliphatic heterocycles. The third kappa shape index (κ3) is 7.20. The van der Waals surface area contributed by atoms with Crippen molar-refractivity contribution in [2.75, 3.05) is 20.8 Å². The minimum Gasteiger partial charge on any atom is -0.496 e. The summed E-state index contributed by atoms with van der Waals surface area (Å²) < 4.78 is 25.3. The standard InChI is InChI=1S/C35H32BrClN2O8S/c1-5-8-25-29(34(43)46-6-2)30(23-17-22(36)11-12-26(23)44-3)39-32(40)28(48-35(39)38-25)16-20-14-24(37)31(27(15-20)45-4)47-18-19-9-7-10-21(13-19)33(41)42/h7,9-17,30H,5-6,8,18H2,1-4H3,(H,41,42)/b28-16+/t30-/m1/s1. The molecule has 13 heteroatoms. The zero-order valence-corrected chi connectivity index (χ0v) is 29.7. The van der Waals surface area contributed by atoms with Crippen molar-refractivity contribution in [1.29, 1.82) is 0 Å². The van der Waals surface area contributed by atoms with Gasteiger partial charge in [0.1, 0.15) is 18.4 Å². The van der Waals surface area contributed by atoms with Gasteiger partial charge in [0.05, 0.1) is 47.2 Å². The number of aromatic nitrogens is 1. The number of fused-ring (bicyclic) bond motifs is 1. The van der Waals surface area contributed by atoms with E-state index in [0.717, 1.165) is 10.9 Å². The number of benzene rings is 3. The van der Waals surface area contributed by atoms with E-state index in [-0.39, 0.29) is 40.7 Å². The number of ether oxygens (including phenoxy) is 4. The highest BCUT2D eigenvalue weighted by molar-refractivity contribution is 9.10. The molecule has 0 unspecified atom stereocenters. The average molecular weight is 756 g/mol. The second kappa shape index (κ2) is 15.2. The van der Waals surface area contributed by atoms with E-state index in [9.17, 15) is 19.5 Å². The Morgan fingerprint density at radius 2 is 1.85 bits per heavy atom. The van der Waals surface area contributed by atoms with Gasteiger partial charge in [-0.1, -0.05) is 64.3 Å². The molecule has 0 saturated heterocycles. The van der Waals surface area contributed by atoms with E-state index in [2.05, 4.69) is 15.9 Å². The monoisotopic (exact) mass is 754 g/mol. The maximum atomic E-state index is 14.2. The van der Waals surface area contributed by atoms with Crippen molar-refractivity contribution in [3.63, 3.8) is 0 Å². The van der Waals surface area contributed by atoms with E-state index in [0.29, 0.717) is 49.6 Å². The normalized spacial score (nSPS) is 14.3. The van der Waals surface area contributed by atoms with Crippen LogP contribution in [0.2, 0.25) is 5.02 Å². The van der Waals surface area contributed by atoms with Gasteiger partial charge in [-0.05, 0) is 73.0 Å². The van der Waals surface area contributed by atoms with Crippen molar-refractivity contribution in [1.82, 2.24) is 4.57 Å². The predicted octanol–water partition coefficient (Wildman–Crippen LogP) is 6.29. The first-order valence-electron chi connectivity index (χ1n) is 15.0. The molecule has 0 bridgehead atoms. The van der Waals surface area contributed by atoms with Crippen molar-refractivity contribution in [3.8, 4) is 17.2 Å². The number of allylic oxidation sites excluding steroid dienone is 1. The van der Waals surface area contributed by atoms with E-state index in [1.54, 1.807) is 43.3 Å². The molecule has 2 heterocycles. The largest absolute Gasteiger partial charge is 0.496 e. The fourth-order valence-electron chi connectivity index (χ4n) is 5.40. The van der Waals surface area contributed by atoms with Crippen LogP contribution in [-0.2, 0) is 16.1 Å². The number of carboxylic acids is 1. The van der Waals surface area contributed by atoms with Crippen LogP contribution in [0.1, 0.15) is 59.8 Å². The third-order valence-electron chi connectivity index (χ3n) is 7.49. The molecular formula is C35H32BrClN2O8S. The van der Waals surface area contributed by atoms with E-state index >= 15 is 0 Å². The maximum Gasteiger partial charge on any atom is 0.338 e. The molecule has 1 N–H and O–H groups in total. The van der Waals surface area contributed by atoms with Crippen LogP contribution >= 0.6 is 38.9 Å². The molecule has 48 heavy (non-hydrogen) atoms. The average Bonchev–Trinajstić information content (AvgIpc) is 3.37. The number of hydrogen-bond acceptors (Lipinski definition) is 9. The molecule has 0 spiro atoms. The summed E-state index contributed by atoms with van der Waals surface area (Å²) in [4.78, 5) is 44.4. The van der Waals surface area contributed by atoms with E-state index in [4.69, 9.17) is 35.5 Å². The van der Waals surface area contributed by atoms with Crippen LogP contribution in [0.15, 0.2) is 80.1 Å². The van der Waals surface area contributed by atoms with Crippen molar-refractivity contribution >= 4 is 56.9 Å². The van der Waals surface area contributed by atoms with Gasteiger partial charge in [0.25, 0.3) is 5.56 Å². The van der Waals surface area contributed by atoms with Crippen LogP contribution in [-0.4, -0.2) is 42.4 Å². The van der Waals surface area contributed by atoms with Crippen molar-refractivity contribution in [2.45, 2.75) is 39.3 Å². The summed E-state index contributed by atoms with van der Waals surface area (Å²) in [6.45, 7) is 3.93. The predicted molar refractivity (Wildman–Crippen MR) is 186 cm³/mol. The van der Waals surface area contributed by atoms with Crippen LogP contribution in [0.5, 0.6) is 17.2 Å². The molecule has 250 valence electrons. The summed E-state index contributed by atoms with van der Waals surface area (Å²) in [6, 6.07) is 14.3. The Bertz CT molecular complexity index is 2110. The number of thiazole rings is 1. The number of nitrogens with zero attached hydrogens (tertiary/aromatic N) is 2. The molecule has 1 aromatic heterocycles.